The predicted octanol–water partition coefficient (Wildman–Crippen LogP) is 7.37. The number of carbonyl (C=O) groups is 1. The van der Waals surface area contributed by atoms with E-state index in [1.54, 1.807) is 26.1 Å². The maximum absolute atomic E-state index is 14.8. The Morgan fingerprint density at radius 3 is 2.51 bits per heavy atom. The highest BCUT2D eigenvalue weighted by Crippen LogP contribution is 2.47. The van der Waals surface area contributed by atoms with Gasteiger partial charge in [0.1, 0.15) is 17.3 Å². The largest absolute Gasteiger partial charge is 0.493 e. The summed E-state index contributed by atoms with van der Waals surface area (Å²) < 4.78 is 71.8. The Balaban J connectivity index is 1.62. The fourth-order valence-electron chi connectivity index (χ4n) is 5.57. The van der Waals surface area contributed by atoms with Gasteiger partial charge in [-0.25, -0.2) is 9.18 Å². The first kappa shape index (κ1) is 30.4. The molecule has 0 atom stereocenters. The summed E-state index contributed by atoms with van der Waals surface area (Å²) in [4.78, 5) is 13.0. The van der Waals surface area contributed by atoms with Crippen LogP contribution in [-0.2, 0) is 31.1 Å². The number of aliphatic hydroxyl groups is 1. The first-order chi connectivity index (χ1) is 20.4. The molecule has 0 aliphatic carbocycles. The smallest absolute Gasteiger partial charge is 0.419 e. The number of benzene rings is 3. The van der Waals surface area contributed by atoms with Crippen LogP contribution in [0.1, 0.15) is 39.4 Å². The molecule has 2 heterocycles. The molecular formula is C31H28ClF4N3O4. The molecule has 0 aliphatic heterocycles. The monoisotopic (exact) mass is 617 g/mol. The summed E-state index contributed by atoms with van der Waals surface area (Å²) in [5.41, 5.74) is 0.000726. The van der Waals surface area contributed by atoms with Crippen LogP contribution in [0.15, 0.2) is 42.5 Å². The molecule has 0 radical (unpaired) electrons. The third kappa shape index (κ3) is 5.43. The Bertz CT molecular complexity index is 1870. The van der Waals surface area contributed by atoms with E-state index in [0.29, 0.717) is 22.2 Å². The Hall–Kier alpha value is -4.09. The summed E-state index contributed by atoms with van der Waals surface area (Å²) in [5.74, 6) is -1.04. The summed E-state index contributed by atoms with van der Waals surface area (Å²) in [6, 6.07) is 10.8. The van der Waals surface area contributed by atoms with Crippen molar-refractivity contribution in [3.63, 3.8) is 0 Å². The van der Waals surface area contributed by atoms with Gasteiger partial charge in [-0.05, 0) is 67.6 Å². The van der Waals surface area contributed by atoms with Gasteiger partial charge in [0, 0.05) is 46.2 Å². The molecule has 2 aromatic heterocycles. The van der Waals surface area contributed by atoms with Gasteiger partial charge in [-0.2, -0.15) is 18.3 Å². The molecule has 0 fully saturated rings. The summed E-state index contributed by atoms with van der Waals surface area (Å²) in [7, 11) is 2.62. The zero-order valence-electron chi connectivity index (χ0n) is 23.8. The average Bonchev–Trinajstić information content (AvgIpc) is 3.43. The minimum Gasteiger partial charge on any atom is -0.493 e. The van der Waals surface area contributed by atoms with E-state index in [9.17, 15) is 27.5 Å². The number of aryl methyl sites for hydroxylation is 3. The van der Waals surface area contributed by atoms with Crippen molar-refractivity contribution in [3.05, 3.63) is 81.5 Å². The van der Waals surface area contributed by atoms with Crippen molar-refractivity contribution in [3.8, 4) is 16.9 Å². The number of alkyl halides is 3. The van der Waals surface area contributed by atoms with Gasteiger partial charge >= 0.3 is 12.1 Å². The van der Waals surface area contributed by atoms with Gasteiger partial charge in [0.15, 0.2) is 0 Å². The SMILES string of the molecule is COC(=O)c1c(C(F)(F)F)c2c(-c3c(CO)nn(C)c3C)c(Cl)ccc2n1CCCOc1cc(C)cc2cc(F)ccc12. The number of hydrogen-bond donors (Lipinski definition) is 1. The summed E-state index contributed by atoms with van der Waals surface area (Å²) >= 11 is 6.55. The fourth-order valence-corrected chi connectivity index (χ4v) is 5.82. The second-order valence-corrected chi connectivity index (χ2v) is 10.6. The molecule has 0 aliphatic rings. The Morgan fingerprint density at radius 1 is 1.09 bits per heavy atom. The molecule has 0 saturated heterocycles. The number of carbonyl (C=O) groups excluding carboxylic acids is 1. The van der Waals surface area contributed by atoms with Crippen LogP contribution < -0.4 is 4.74 Å². The maximum Gasteiger partial charge on any atom is 0.419 e. The Labute approximate surface area is 249 Å². The molecule has 226 valence electrons. The van der Waals surface area contributed by atoms with Crippen LogP contribution in [0.25, 0.3) is 32.8 Å². The molecule has 5 rings (SSSR count). The van der Waals surface area contributed by atoms with Crippen molar-refractivity contribution in [1.82, 2.24) is 14.3 Å². The van der Waals surface area contributed by atoms with Crippen LogP contribution in [-0.4, -0.2) is 39.1 Å². The fraction of sp³-hybridized carbons (Fsp3) is 0.290. The number of aromatic nitrogens is 3. The Morgan fingerprint density at radius 2 is 1.84 bits per heavy atom. The van der Waals surface area contributed by atoms with Gasteiger partial charge in [0.05, 0.1) is 37.1 Å². The Kier molecular flexibility index (Phi) is 8.15. The molecule has 0 bridgehead atoms. The van der Waals surface area contributed by atoms with Crippen LogP contribution in [0.3, 0.4) is 0 Å². The van der Waals surface area contributed by atoms with Crippen LogP contribution >= 0.6 is 11.6 Å². The first-order valence-corrected chi connectivity index (χ1v) is 13.7. The van der Waals surface area contributed by atoms with Crippen LogP contribution in [0, 0.1) is 19.7 Å². The highest BCUT2D eigenvalue weighted by Gasteiger charge is 2.43. The highest BCUT2D eigenvalue weighted by atomic mass is 35.5. The van der Waals surface area contributed by atoms with E-state index in [2.05, 4.69) is 5.10 Å². The molecule has 3 aromatic carbocycles. The summed E-state index contributed by atoms with van der Waals surface area (Å²) in [6.07, 6.45) is -4.75. The number of fused-ring (bicyclic) bond motifs is 2. The minimum absolute atomic E-state index is 0.00321. The normalized spacial score (nSPS) is 12.0. The summed E-state index contributed by atoms with van der Waals surface area (Å²) in [5, 5.41) is 15.3. The van der Waals surface area contributed by atoms with Gasteiger partial charge in [0.2, 0.25) is 0 Å². The number of hydrogen-bond acceptors (Lipinski definition) is 5. The van der Waals surface area contributed by atoms with E-state index in [-0.39, 0.29) is 58.1 Å². The zero-order chi connectivity index (χ0) is 31.2. The van der Waals surface area contributed by atoms with Gasteiger partial charge in [0.25, 0.3) is 0 Å². The lowest BCUT2D eigenvalue weighted by Crippen LogP contribution is -2.18. The summed E-state index contributed by atoms with van der Waals surface area (Å²) in [6.45, 7) is 3.03. The van der Waals surface area contributed by atoms with Gasteiger partial charge in [-0.3, -0.25) is 4.68 Å². The van der Waals surface area contributed by atoms with Crippen molar-refractivity contribution in [1.29, 1.82) is 0 Å². The topological polar surface area (TPSA) is 78.5 Å². The lowest BCUT2D eigenvalue weighted by atomic mass is 9.96. The molecule has 7 nitrogen and oxygen atoms in total. The molecule has 1 N–H and O–H groups in total. The lowest BCUT2D eigenvalue weighted by Gasteiger charge is -2.14. The number of methoxy groups -OCH3 is 1. The molecule has 0 amide bonds. The average molecular weight is 618 g/mol. The first-order valence-electron chi connectivity index (χ1n) is 13.3. The van der Waals surface area contributed by atoms with E-state index in [1.807, 2.05) is 13.0 Å². The third-order valence-corrected chi connectivity index (χ3v) is 7.77. The van der Waals surface area contributed by atoms with Crippen molar-refractivity contribution >= 4 is 39.2 Å². The van der Waals surface area contributed by atoms with E-state index < -0.39 is 30.0 Å². The quantitative estimate of drug-likeness (QED) is 0.112. The standard InChI is InChI=1S/C31H28ClF4N3O4/c1-16-12-18-14-19(33)6-7-20(18)24(13-16)43-11-5-10-39-23-9-8-21(32)26(25-17(2)38(3)37-22(25)15-40)27(23)28(31(34,35)36)29(39)30(41)42-4/h6-9,12-14,40H,5,10-11,15H2,1-4H3. The predicted molar refractivity (Wildman–Crippen MR) is 155 cm³/mol. The van der Waals surface area contributed by atoms with Crippen molar-refractivity contribution < 1.29 is 36.9 Å². The number of ether oxygens (including phenoxy) is 2. The number of nitrogens with zero attached hydrogens (tertiary/aromatic N) is 3. The zero-order valence-corrected chi connectivity index (χ0v) is 24.5. The highest BCUT2D eigenvalue weighted by molar-refractivity contribution is 6.35. The van der Waals surface area contributed by atoms with Crippen molar-refractivity contribution in [2.24, 2.45) is 7.05 Å². The van der Waals surface area contributed by atoms with Crippen LogP contribution in [0.2, 0.25) is 5.02 Å². The number of rotatable bonds is 8. The van der Waals surface area contributed by atoms with E-state index in [1.165, 1.54) is 33.5 Å². The van der Waals surface area contributed by atoms with Crippen LogP contribution in [0.5, 0.6) is 5.75 Å². The molecule has 5 aromatic rings. The minimum atomic E-state index is -4.96. The molecule has 43 heavy (non-hydrogen) atoms. The molecule has 0 spiro atoms. The van der Waals surface area contributed by atoms with Gasteiger partial charge < -0.3 is 19.1 Å². The second kappa shape index (κ2) is 11.5. The van der Waals surface area contributed by atoms with E-state index >= 15 is 0 Å². The molecule has 0 unspecified atom stereocenters. The van der Waals surface area contributed by atoms with Crippen molar-refractivity contribution in [2.45, 2.75) is 39.6 Å². The van der Waals surface area contributed by atoms with Crippen LogP contribution in [0.4, 0.5) is 17.6 Å². The number of esters is 1. The second-order valence-electron chi connectivity index (χ2n) is 10.2. The third-order valence-electron chi connectivity index (χ3n) is 7.45. The van der Waals surface area contributed by atoms with E-state index in [0.717, 1.165) is 12.7 Å². The number of aliphatic hydroxyl groups excluding tert-OH is 1. The van der Waals surface area contributed by atoms with Gasteiger partial charge in [-0.1, -0.05) is 17.7 Å². The van der Waals surface area contributed by atoms with E-state index in [4.69, 9.17) is 21.1 Å². The maximum atomic E-state index is 14.8. The molecular weight excluding hydrogens is 590 g/mol. The molecule has 12 heteroatoms. The lowest BCUT2D eigenvalue weighted by molar-refractivity contribution is -0.136. The number of halogens is 5. The van der Waals surface area contributed by atoms with Gasteiger partial charge in [-0.15, -0.1) is 0 Å². The van der Waals surface area contributed by atoms with Crippen molar-refractivity contribution in [2.75, 3.05) is 13.7 Å². The molecule has 0 saturated carbocycles.